The van der Waals surface area contributed by atoms with Crippen LogP contribution in [0, 0.1) is 11.6 Å². The monoisotopic (exact) mass is 337 g/mol. The van der Waals surface area contributed by atoms with E-state index < -0.39 is 11.6 Å². The van der Waals surface area contributed by atoms with Crippen LogP contribution in [-0.4, -0.2) is 37.1 Å². The van der Waals surface area contributed by atoms with Gasteiger partial charge in [0.15, 0.2) is 0 Å². The Morgan fingerprint density at radius 2 is 1.67 bits per heavy atom. The zero-order valence-electron chi connectivity index (χ0n) is 14.0. The number of carbonyl (C=O) groups is 1. The fraction of sp³-hybridized carbons (Fsp3) is 0.611. The molecular weight excluding hydrogens is 312 g/mol. The van der Waals surface area contributed by atoms with Gasteiger partial charge >= 0.3 is 0 Å². The summed E-state index contributed by atoms with van der Waals surface area (Å²) in [5.74, 6) is -0.956. The van der Waals surface area contributed by atoms with Gasteiger partial charge in [0, 0.05) is 38.1 Å². The molecule has 1 aromatic carbocycles. The first-order chi connectivity index (χ1) is 11.5. The van der Waals surface area contributed by atoms with Gasteiger partial charge in [-0.05, 0) is 44.2 Å². The van der Waals surface area contributed by atoms with E-state index in [4.69, 9.17) is 0 Å². The molecule has 1 aliphatic heterocycles. The van der Waals surface area contributed by atoms with E-state index in [2.05, 4.69) is 10.6 Å². The van der Waals surface area contributed by atoms with Crippen LogP contribution < -0.4 is 15.5 Å². The molecule has 1 aromatic rings. The molecule has 1 saturated heterocycles. The second-order valence-electron chi connectivity index (χ2n) is 6.92. The minimum Gasteiger partial charge on any atom is -0.365 e. The number of rotatable bonds is 4. The van der Waals surface area contributed by atoms with Crippen molar-refractivity contribution < 1.29 is 13.6 Å². The summed E-state index contributed by atoms with van der Waals surface area (Å²) in [7, 11) is 0. The number of anilines is 1. The van der Waals surface area contributed by atoms with Crippen LogP contribution in [0.15, 0.2) is 18.2 Å². The normalized spacial score (nSPS) is 27.3. The van der Waals surface area contributed by atoms with Gasteiger partial charge in [-0.25, -0.2) is 8.78 Å². The Hall–Kier alpha value is -1.69. The van der Waals surface area contributed by atoms with Gasteiger partial charge in [0.1, 0.15) is 17.3 Å². The van der Waals surface area contributed by atoms with E-state index in [0.717, 1.165) is 32.1 Å². The number of benzene rings is 1. The highest BCUT2D eigenvalue weighted by Crippen LogP contribution is 2.27. The van der Waals surface area contributed by atoms with Gasteiger partial charge in [0.2, 0.25) is 5.91 Å². The lowest BCUT2D eigenvalue weighted by Crippen LogP contribution is -2.45. The highest BCUT2D eigenvalue weighted by atomic mass is 19.1. The van der Waals surface area contributed by atoms with Gasteiger partial charge in [-0.2, -0.15) is 0 Å². The molecule has 24 heavy (non-hydrogen) atoms. The van der Waals surface area contributed by atoms with Gasteiger partial charge in [-0.15, -0.1) is 0 Å². The van der Waals surface area contributed by atoms with Crippen molar-refractivity contribution in [2.75, 3.05) is 18.0 Å². The van der Waals surface area contributed by atoms with Crippen LogP contribution in [0.5, 0.6) is 0 Å². The number of nitrogens with zero attached hydrogens (tertiary/aromatic N) is 1. The summed E-state index contributed by atoms with van der Waals surface area (Å²) in [6.45, 7) is 2.85. The van der Waals surface area contributed by atoms with E-state index in [1.165, 1.54) is 18.2 Å². The Bertz CT molecular complexity index is 567. The lowest BCUT2D eigenvalue weighted by atomic mass is 9.90. The van der Waals surface area contributed by atoms with Crippen molar-refractivity contribution in [3.05, 3.63) is 29.8 Å². The highest BCUT2D eigenvalue weighted by molar-refractivity contribution is 5.73. The van der Waals surface area contributed by atoms with Crippen molar-refractivity contribution >= 4 is 11.6 Å². The maximum absolute atomic E-state index is 13.9. The van der Waals surface area contributed by atoms with Crippen LogP contribution in [0.25, 0.3) is 0 Å². The van der Waals surface area contributed by atoms with Crippen LogP contribution in [0.4, 0.5) is 14.5 Å². The number of amides is 1. The number of hydrogen-bond acceptors (Lipinski definition) is 3. The summed E-state index contributed by atoms with van der Waals surface area (Å²) in [5.41, 5.74) is 0.0937. The van der Waals surface area contributed by atoms with E-state index in [1.807, 2.05) is 0 Å². The van der Waals surface area contributed by atoms with Crippen LogP contribution >= 0.6 is 0 Å². The molecule has 1 atom stereocenters. The summed E-state index contributed by atoms with van der Waals surface area (Å²) < 4.78 is 27.8. The maximum Gasteiger partial charge on any atom is 0.217 e. The van der Waals surface area contributed by atoms with E-state index in [1.54, 1.807) is 11.8 Å². The second kappa shape index (κ2) is 7.47. The summed E-state index contributed by atoms with van der Waals surface area (Å²) in [4.78, 5) is 12.9. The topological polar surface area (TPSA) is 44.4 Å². The van der Waals surface area contributed by atoms with Crippen molar-refractivity contribution in [1.82, 2.24) is 10.6 Å². The van der Waals surface area contributed by atoms with Crippen LogP contribution in [0.3, 0.4) is 0 Å². The predicted octanol–water partition coefficient (Wildman–Crippen LogP) is 2.58. The number of para-hydroxylation sites is 1. The van der Waals surface area contributed by atoms with Gasteiger partial charge in [-0.1, -0.05) is 6.07 Å². The Morgan fingerprint density at radius 3 is 2.29 bits per heavy atom. The van der Waals surface area contributed by atoms with Gasteiger partial charge in [-0.3, -0.25) is 4.79 Å². The van der Waals surface area contributed by atoms with Crippen molar-refractivity contribution in [2.45, 2.75) is 57.2 Å². The Labute approximate surface area is 141 Å². The lowest BCUT2D eigenvalue weighted by Gasteiger charge is -2.31. The van der Waals surface area contributed by atoms with Crippen molar-refractivity contribution in [3.63, 3.8) is 0 Å². The van der Waals surface area contributed by atoms with E-state index >= 15 is 0 Å². The third-order valence-electron chi connectivity index (χ3n) is 5.05. The Morgan fingerprint density at radius 1 is 1.04 bits per heavy atom. The molecule has 0 spiro atoms. The average molecular weight is 337 g/mol. The van der Waals surface area contributed by atoms with Crippen LogP contribution in [-0.2, 0) is 4.79 Å². The van der Waals surface area contributed by atoms with E-state index in [0.29, 0.717) is 19.1 Å². The molecule has 3 rings (SSSR count). The van der Waals surface area contributed by atoms with Crippen molar-refractivity contribution in [2.24, 2.45) is 0 Å². The zero-order chi connectivity index (χ0) is 17.1. The average Bonchev–Trinajstić information content (AvgIpc) is 2.97. The molecule has 1 amide bonds. The minimum atomic E-state index is -0.494. The minimum absolute atomic E-state index is 0.0322. The first kappa shape index (κ1) is 17.1. The second-order valence-corrected chi connectivity index (χ2v) is 6.92. The third kappa shape index (κ3) is 4.04. The molecule has 1 saturated carbocycles. The molecule has 2 fully saturated rings. The van der Waals surface area contributed by atoms with Crippen LogP contribution in [0.1, 0.15) is 39.0 Å². The molecule has 0 radical (unpaired) electrons. The SMILES string of the molecule is CC(=O)NC1CCC(NC2CCN(c3c(F)cccc3F)C2)CC1. The van der Waals surface area contributed by atoms with Crippen LogP contribution in [0.2, 0.25) is 0 Å². The quantitative estimate of drug-likeness (QED) is 0.888. The zero-order valence-corrected chi connectivity index (χ0v) is 14.0. The Balaban J connectivity index is 1.50. The lowest BCUT2D eigenvalue weighted by molar-refractivity contribution is -0.119. The van der Waals surface area contributed by atoms with E-state index in [9.17, 15) is 13.6 Å². The van der Waals surface area contributed by atoms with Crippen molar-refractivity contribution in [3.8, 4) is 0 Å². The molecular formula is C18H25F2N3O. The number of nitrogens with one attached hydrogen (secondary N) is 2. The first-order valence-corrected chi connectivity index (χ1v) is 8.75. The van der Waals surface area contributed by atoms with Crippen molar-refractivity contribution in [1.29, 1.82) is 0 Å². The highest BCUT2D eigenvalue weighted by Gasteiger charge is 2.29. The maximum atomic E-state index is 13.9. The molecule has 1 unspecified atom stereocenters. The molecule has 2 N–H and O–H groups in total. The molecule has 0 bridgehead atoms. The molecule has 132 valence electrons. The number of carbonyl (C=O) groups excluding carboxylic acids is 1. The molecule has 2 aliphatic rings. The van der Waals surface area contributed by atoms with E-state index in [-0.39, 0.29) is 23.7 Å². The fourth-order valence-corrected chi connectivity index (χ4v) is 3.92. The standard InChI is InChI=1S/C18H25F2N3O/c1-12(24)21-13-5-7-14(8-6-13)22-15-9-10-23(11-15)18-16(19)3-2-4-17(18)20/h2-4,13-15,22H,5-11H2,1H3,(H,21,24). The number of hydrogen-bond donors (Lipinski definition) is 2. The van der Waals surface area contributed by atoms with Gasteiger partial charge in [0.05, 0.1) is 0 Å². The summed E-state index contributed by atoms with van der Waals surface area (Å²) >= 11 is 0. The first-order valence-electron chi connectivity index (χ1n) is 8.75. The van der Waals surface area contributed by atoms with Gasteiger partial charge < -0.3 is 15.5 Å². The predicted molar refractivity (Wildman–Crippen MR) is 90.0 cm³/mol. The molecule has 4 nitrogen and oxygen atoms in total. The number of halogens is 2. The molecule has 1 aliphatic carbocycles. The Kier molecular flexibility index (Phi) is 5.33. The summed E-state index contributed by atoms with van der Waals surface area (Å²) in [6.07, 6.45) is 4.90. The largest absolute Gasteiger partial charge is 0.365 e. The molecule has 1 heterocycles. The third-order valence-corrected chi connectivity index (χ3v) is 5.05. The summed E-state index contributed by atoms with van der Waals surface area (Å²) in [6, 6.07) is 4.98. The smallest absolute Gasteiger partial charge is 0.217 e. The fourth-order valence-electron chi connectivity index (χ4n) is 3.92. The summed E-state index contributed by atoms with van der Waals surface area (Å²) in [5, 5.41) is 6.61. The molecule has 6 heteroatoms. The van der Waals surface area contributed by atoms with Gasteiger partial charge in [0.25, 0.3) is 0 Å². The molecule has 0 aromatic heterocycles.